The maximum absolute atomic E-state index is 5.82. The molecule has 6 unspecified atom stereocenters. The van der Waals surface area contributed by atoms with Gasteiger partial charge in [-0.2, -0.15) is 0 Å². The first-order valence-corrected chi connectivity index (χ1v) is 20.3. The van der Waals surface area contributed by atoms with Gasteiger partial charge in [-0.15, -0.1) is 0 Å². The third kappa shape index (κ3) is 8.03. The van der Waals surface area contributed by atoms with Crippen LogP contribution in [0, 0.1) is 44.3 Å². The molecule has 2 fully saturated rings. The van der Waals surface area contributed by atoms with Crippen LogP contribution in [0.2, 0.25) is 0 Å². The number of allylic oxidation sites excluding steroid dienone is 2. The quantitative estimate of drug-likeness (QED) is 0.0716. The molecule has 0 heterocycles. The Morgan fingerprint density at radius 2 is 1.15 bits per heavy atom. The molecular weight excluding hydrogens is 653 g/mol. The van der Waals surface area contributed by atoms with Crippen LogP contribution >= 0.6 is 0 Å². The van der Waals surface area contributed by atoms with E-state index in [0.29, 0.717) is 51.5 Å². The highest BCUT2D eigenvalue weighted by atomic mass is 16.5. The molecule has 0 spiro atoms. The maximum Gasteiger partial charge on any atom is 0.111 e. The number of hydrogen-bond donors (Lipinski definition) is 0. The van der Waals surface area contributed by atoms with E-state index in [1.165, 1.54) is 29.2 Å². The summed E-state index contributed by atoms with van der Waals surface area (Å²) in [6.45, 7) is 52.5. The lowest BCUT2D eigenvalue weighted by molar-refractivity contribution is 0.0480. The summed E-state index contributed by atoms with van der Waals surface area (Å²) in [6.07, 6.45) is 13.2. The highest BCUT2D eigenvalue weighted by Gasteiger charge is 2.86. The Morgan fingerprint density at radius 3 is 1.66 bits per heavy atom. The molecule has 0 aliphatic heterocycles. The number of rotatable bonds is 21. The molecule has 2 saturated carbocycles. The van der Waals surface area contributed by atoms with E-state index in [4.69, 9.17) is 18.9 Å². The molecule has 2 aliphatic rings. The third-order valence-corrected chi connectivity index (χ3v) is 16.4. The van der Waals surface area contributed by atoms with Crippen molar-refractivity contribution in [1.82, 2.24) is 0 Å². The van der Waals surface area contributed by atoms with Gasteiger partial charge in [0.15, 0.2) is 0 Å². The van der Waals surface area contributed by atoms with E-state index < -0.39 is 0 Å². The van der Waals surface area contributed by atoms with Gasteiger partial charge in [-0.05, 0) is 78.3 Å². The summed E-state index contributed by atoms with van der Waals surface area (Å²) < 4.78 is 22.0. The second-order valence-corrected chi connectivity index (χ2v) is 20.7. The molecule has 0 aromatic heterocycles. The van der Waals surface area contributed by atoms with Gasteiger partial charge in [-0.3, -0.25) is 0 Å². The number of hydrogen-bond acceptors (Lipinski definition) is 4. The molecule has 53 heavy (non-hydrogen) atoms. The van der Waals surface area contributed by atoms with Crippen LogP contribution in [0.1, 0.15) is 141 Å². The van der Waals surface area contributed by atoms with Crippen LogP contribution in [0.5, 0.6) is 0 Å². The molecule has 4 heteroatoms. The van der Waals surface area contributed by atoms with Gasteiger partial charge < -0.3 is 18.9 Å². The molecule has 3 rings (SSSR count). The zero-order valence-corrected chi connectivity index (χ0v) is 37.3. The molecule has 4 nitrogen and oxygen atoms in total. The predicted molar refractivity (Wildman–Crippen MR) is 226 cm³/mol. The van der Waals surface area contributed by atoms with Crippen LogP contribution < -0.4 is 0 Å². The van der Waals surface area contributed by atoms with E-state index in [9.17, 15) is 0 Å². The molecule has 1 aromatic rings. The summed E-state index contributed by atoms with van der Waals surface area (Å²) in [4.78, 5) is 0. The minimum absolute atomic E-state index is 0.00746. The monoisotopic (exact) mass is 733 g/mol. The first-order chi connectivity index (χ1) is 24.2. The molecule has 0 amide bonds. The molecule has 0 saturated heterocycles. The lowest BCUT2D eigenvalue weighted by atomic mass is 9.54. The molecule has 0 bridgehead atoms. The minimum atomic E-state index is -0.0794. The predicted octanol–water partition coefficient (Wildman–Crippen LogP) is 12.8. The molecule has 300 valence electrons. The van der Waals surface area contributed by atoms with Crippen molar-refractivity contribution in [2.45, 2.75) is 140 Å². The van der Waals surface area contributed by atoms with Gasteiger partial charge in [0, 0.05) is 5.41 Å². The van der Waals surface area contributed by atoms with Crippen molar-refractivity contribution in [1.29, 1.82) is 0 Å². The topological polar surface area (TPSA) is 36.9 Å². The van der Waals surface area contributed by atoms with Gasteiger partial charge in [0.25, 0.3) is 0 Å². The van der Waals surface area contributed by atoms with Gasteiger partial charge in [-0.1, -0.05) is 173 Å². The zero-order chi connectivity index (χ0) is 40.5. The minimum Gasteiger partial charge on any atom is -0.499 e. The van der Waals surface area contributed by atoms with Gasteiger partial charge in [-0.25, -0.2) is 0 Å². The summed E-state index contributed by atoms with van der Waals surface area (Å²) in [6, 6.07) is 7.73. The van der Waals surface area contributed by atoms with Gasteiger partial charge >= 0.3 is 0 Å². The molecule has 0 N–H and O–H groups in total. The Bertz CT molecular complexity index is 1490. The largest absolute Gasteiger partial charge is 0.499 e. The third-order valence-electron chi connectivity index (χ3n) is 16.4. The van der Waals surface area contributed by atoms with Crippen LogP contribution in [0.25, 0.3) is 0 Å². The lowest BCUT2D eigenvalue weighted by Crippen LogP contribution is -2.44. The fourth-order valence-corrected chi connectivity index (χ4v) is 10.2. The Hall–Kier alpha value is -2.30. The van der Waals surface area contributed by atoms with Gasteiger partial charge in [0.1, 0.15) is 13.2 Å². The SMILES string of the molecule is C=COCCOC/C=C/C(C)(C)C(C)(C)CC(C)(C)C(C)(C)c1cc(C(C)(C)C)cc(C2(C)C(C)C2(C)C2(C)C(C)C2(C)/C=C/COCCOC=C)c1. The summed E-state index contributed by atoms with van der Waals surface area (Å²) >= 11 is 0. The van der Waals surface area contributed by atoms with Crippen molar-refractivity contribution >= 4 is 0 Å². The molecule has 2 aliphatic carbocycles. The fraction of sp³-hybridized carbons (Fsp3) is 0.714. The van der Waals surface area contributed by atoms with Crippen LogP contribution in [-0.2, 0) is 35.2 Å². The van der Waals surface area contributed by atoms with E-state index in [0.717, 1.165) is 6.42 Å². The number of benzene rings is 1. The Morgan fingerprint density at radius 1 is 0.642 bits per heavy atom. The standard InChI is InChI=1S/C49H80O4/c1-20-50-28-30-52-26-22-24-42(8,9)43(10,11)35-44(12,13)45(14,15)39-32-38(41(5,6)7)33-40(34-39)47(17)37(4)49(47,19)48(18)36(3)46(48,16)25-23-27-53-31-29-51-21-2/h20-25,32-34,36-37H,1-2,26-31,35H2,3-19H3/b24-22+,25-23+. The fourth-order valence-electron chi connectivity index (χ4n) is 10.2. The van der Waals surface area contributed by atoms with Crippen molar-refractivity contribution in [3.8, 4) is 0 Å². The highest BCUT2D eigenvalue weighted by molar-refractivity contribution is 5.51. The summed E-state index contributed by atoms with van der Waals surface area (Å²) in [5, 5.41) is 0. The maximum atomic E-state index is 5.82. The van der Waals surface area contributed by atoms with Crippen molar-refractivity contribution in [2.24, 2.45) is 44.3 Å². The van der Waals surface area contributed by atoms with Gasteiger partial charge in [0.05, 0.1) is 39.0 Å². The van der Waals surface area contributed by atoms with E-state index in [2.05, 4.69) is 173 Å². The van der Waals surface area contributed by atoms with Crippen molar-refractivity contribution in [2.75, 3.05) is 39.6 Å². The van der Waals surface area contributed by atoms with E-state index in [1.807, 2.05) is 0 Å². The lowest BCUT2D eigenvalue weighted by Gasteiger charge is -2.51. The van der Waals surface area contributed by atoms with Crippen molar-refractivity contribution in [3.63, 3.8) is 0 Å². The van der Waals surface area contributed by atoms with Crippen LogP contribution in [0.4, 0.5) is 0 Å². The average Bonchev–Trinajstić information content (AvgIpc) is 3.73. The van der Waals surface area contributed by atoms with E-state index in [1.54, 1.807) is 0 Å². The molecule has 0 radical (unpaired) electrons. The summed E-state index contributed by atoms with van der Waals surface area (Å²) in [5.41, 5.74) is 4.86. The molecule has 6 atom stereocenters. The number of ether oxygens (including phenoxy) is 4. The summed E-state index contributed by atoms with van der Waals surface area (Å²) in [7, 11) is 0. The molecule has 1 aromatic carbocycles. The van der Waals surface area contributed by atoms with E-state index >= 15 is 0 Å². The Balaban J connectivity index is 1.95. The zero-order valence-electron chi connectivity index (χ0n) is 37.3. The van der Waals surface area contributed by atoms with Crippen LogP contribution in [-0.4, -0.2) is 39.6 Å². The van der Waals surface area contributed by atoms with Crippen molar-refractivity contribution in [3.05, 3.63) is 84.9 Å². The highest BCUT2D eigenvalue weighted by Crippen LogP contribution is 2.89. The van der Waals surface area contributed by atoms with Crippen LogP contribution in [0.15, 0.2) is 68.2 Å². The smallest absolute Gasteiger partial charge is 0.111 e. The second-order valence-electron chi connectivity index (χ2n) is 20.7. The summed E-state index contributed by atoms with van der Waals surface area (Å²) in [5.74, 6) is 1.12. The van der Waals surface area contributed by atoms with E-state index in [-0.39, 0.29) is 48.7 Å². The average molecular weight is 733 g/mol. The normalized spacial score (nSPS) is 29.5. The Kier molecular flexibility index (Phi) is 13.3. The molecular formula is C49H80O4. The Labute approximate surface area is 327 Å². The van der Waals surface area contributed by atoms with Crippen molar-refractivity contribution < 1.29 is 18.9 Å². The first kappa shape index (κ1) is 45.1. The second kappa shape index (κ2) is 15.7. The van der Waals surface area contributed by atoms with Crippen LogP contribution in [0.3, 0.4) is 0 Å². The van der Waals surface area contributed by atoms with Gasteiger partial charge in [0.2, 0.25) is 0 Å². The first-order valence-electron chi connectivity index (χ1n) is 20.3.